The van der Waals surface area contributed by atoms with Crippen molar-refractivity contribution in [3.05, 3.63) is 63.7 Å². The van der Waals surface area contributed by atoms with Crippen molar-refractivity contribution in [2.75, 3.05) is 11.9 Å². The number of aromatic nitrogens is 1. The van der Waals surface area contributed by atoms with Gasteiger partial charge in [-0.2, -0.15) is 0 Å². The zero-order valence-corrected chi connectivity index (χ0v) is 15.2. The molecule has 126 valence electrons. The van der Waals surface area contributed by atoms with Gasteiger partial charge < -0.3 is 5.32 Å². The number of thioether (sulfide) groups is 1. The van der Waals surface area contributed by atoms with Crippen LogP contribution in [0.15, 0.2) is 58.2 Å². The molecule has 6 nitrogen and oxygen atoms in total. The van der Waals surface area contributed by atoms with E-state index in [9.17, 15) is 14.4 Å². The Hall–Kier alpha value is -2.45. The van der Waals surface area contributed by atoms with Gasteiger partial charge >= 0.3 is 0 Å². The number of nitrogens with one attached hydrogen (secondary N) is 1. The molecule has 25 heavy (non-hydrogen) atoms. The van der Waals surface area contributed by atoms with Crippen molar-refractivity contribution >= 4 is 56.5 Å². The lowest BCUT2D eigenvalue weighted by molar-refractivity contribution is -0.127. The number of imide groups is 1. The molecule has 0 bridgehead atoms. The van der Waals surface area contributed by atoms with Crippen LogP contribution in [0.4, 0.5) is 10.5 Å². The third-order valence-corrected chi connectivity index (χ3v) is 4.93. The van der Waals surface area contributed by atoms with Gasteiger partial charge in [0.1, 0.15) is 6.54 Å². The molecule has 1 saturated heterocycles. The van der Waals surface area contributed by atoms with Gasteiger partial charge in [0.15, 0.2) is 0 Å². The van der Waals surface area contributed by atoms with E-state index in [2.05, 4.69) is 26.2 Å². The molecule has 0 saturated carbocycles. The molecule has 0 aliphatic carbocycles. The number of benzene rings is 1. The molecule has 1 aromatic carbocycles. The summed E-state index contributed by atoms with van der Waals surface area (Å²) < 4.78 is 0.718. The Labute approximate surface area is 156 Å². The summed E-state index contributed by atoms with van der Waals surface area (Å²) >= 11 is 4.14. The summed E-state index contributed by atoms with van der Waals surface area (Å²) in [6.07, 6.45) is 4.81. The van der Waals surface area contributed by atoms with E-state index < -0.39 is 17.1 Å². The number of hydrogen-bond acceptors (Lipinski definition) is 5. The lowest BCUT2D eigenvalue weighted by Crippen LogP contribution is -2.36. The van der Waals surface area contributed by atoms with Gasteiger partial charge in [-0.25, -0.2) is 0 Å². The number of rotatable bonds is 4. The lowest BCUT2D eigenvalue weighted by atomic mass is 10.2. The molecule has 1 aliphatic heterocycles. The molecule has 1 aromatic heterocycles. The summed E-state index contributed by atoms with van der Waals surface area (Å²) in [6.45, 7) is -0.334. The average Bonchev–Trinajstić information content (AvgIpc) is 2.85. The molecular weight excluding hydrogens is 406 g/mol. The van der Waals surface area contributed by atoms with E-state index in [1.54, 1.807) is 48.8 Å². The maximum absolute atomic E-state index is 12.4. The van der Waals surface area contributed by atoms with Gasteiger partial charge in [-0.1, -0.05) is 12.1 Å². The second-order valence-electron chi connectivity index (χ2n) is 5.08. The second-order valence-corrected chi connectivity index (χ2v) is 6.92. The Bertz CT molecular complexity index is 870. The summed E-state index contributed by atoms with van der Waals surface area (Å²) in [7, 11) is 0. The number of carbonyl (C=O) groups is 3. The number of para-hydroxylation sites is 1. The van der Waals surface area contributed by atoms with E-state index in [4.69, 9.17) is 0 Å². The van der Waals surface area contributed by atoms with E-state index in [1.807, 2.05) is 6.07 Å². The molecule has 3 rings (SSSR count). The third-order valence-electron chi connectivity index (χ3n) is 3.33. The summed E-state index contributed by atoms with van der Waals surface area (Å²) in [5.74, 6) is -0.923. The van der Waals surface area contributed by atoms with Crippen molar-refractivity contribution in [2.45, 2.75) is 0 Å². The Balaban J connectivity index is 1.70. The molecule has 8 heteroatoms. The molecule has 3 amide bonds. The first kappa shape index (κ1) is 17.4. The predicted molar refractivity (Wildman–Crippen MR) is 99.7 cm³/mol. The Morgan fingerprint density at radius 1 is 1.20 bits per heavy atom. The fourth-order valence-corrected chi connectivity index (χ4v) is 3.37. The molecule has 1 N–H and O–H groups in total. The minimum absolute atomic E-state index is 0.282. The highest BCUT2D eigenvalue weighted by Gasteiger charge is 2.36. The van der Waals surface area contributed by atoms with Crippen LogP contribution in [-0.4, -0.2) is 33.5 Å². The first-order valence-electron chi connectivity index (χ1n) is 7.24. The van der Waals surface area contributed by atoms with Crippen LogP contribution in [0, 0.1) is 0 Å². The van der Waals surface area contributed by atoms with E-state index in [0.29, 0.717) is 5.69 Å². The van der Waals surface area contributed by atoms with Gasteiger partial charge in [-0.3, -0.25) is 24.3 Å². The average molecular weight is 418 g/mol. The first-order chi connectivity index (χ1) is 12.0. The number of anilines is 1. The topological polar surface area (TPSA) is 79.4 Å². The van der Waals surface area contributed by atoms with Gasteiger partial charge in [0.2, 0.25) is 5.91 Å². The van der Waals surface area contributed by atoms with Crippen LogP contribution in [0.1, 0.15) is 5.56 Å². The van der Waals surface area contributed by atoms with E-state index in [0.717, 1.165) is 26.7 Å². The standard InChI is InChI=1S/C17H12BrN3O3S/c18-12-3-1-2-4-13(12)20-15(22)10-21-16(23)14(25-17(21)24)9-11-5-7-19-8-6-11/h1-9H,10H2,(H,20,22)/b14-9+. The van der Waals surface area contributed by atoms with Crippen molar-refractivity contribution in [1.82, 2.24) is 9.88 Å². The van der Waals surface area contributed by atoms with Crippen LogP contribution in [0.3, 0.4) is 0 Å². The summed E-state index contributed by atoms with van der Waals surface area (Å²) in [4.78, 5) is 41.7. The number of hydrogen-bond donors (Lipinski definition) is 1. The molecule has 0 atom stereocenters. The largest absolute Gasteiger partial charge is 0.324 e. The van der Waals surface area contributed by atoms with Crippen molar-refractivity contribution in [1.29, 1.82) is 0 Å². The molecule has 2 aromatic rings. The second kappa shape index (κ2) is 7.62. The Morgan fingerprint density at radius 3 is 2.64 bits per heavy atom. The highest BCUT2D eigenvalue weighted by atomic mass is 79.9. The maximum atomic E-state index is 12.4. The first-order valence-corrected chi connectivity index (χ1v) is 8.85. The Kier molecular flexibility index (Phi) is 5.30. The van der Waals surface area contributed by atoms with Gasteiger partial charge in [0.25, 0.3) is 11.1 Å². The Morgan fingerprint density at radius 2 is 1.92 bits per heavy atom. The van der Waals surface area contributed by atoms with Crippen LogP contribution in [-0.2, 0) is 9.59 Å². The summed E-state index contributed by atoms with van der Waals surface area (Å²) in [6, 6.07) is 10.6. The van der Waals surface area contributed by atoms with Crippen molar-refractivity contribution in [2.24, 2.45) is 0 Å². The molecule has 1 fully saturated rings. The molecule has 0 radical (unpaired) electrons. The van der Waals surface area contributed by atoms with Crippen molar-refractivity contribution in [3.8, 4) is 0 Å². The quantitative estimate of drug-likeness (QED) is 0.769. The van der Waals surface area contributed by atoms with Gasteiger partial charge in [-0.15, -0.1) is 0 Å². The predicted octanol–water partition coefficient (Wildman–Crippen LogP) is 3.52. The minimum atomic E-state index is -0.478. The minimum Gasteiger partial charge on any atom is -0.324 e. The van der Waals surface area contributed by atoms with Crippen LogP contribution in [0.5, 0.6) is 0 Å². The van der Waals surface area contributed by atoms with Crippen LogP contribution in [0.2, 0.25) is 0 Å². The van der Waals surface area contributed by atoms with Crippen LogP contribution >= 0.6 is 27.7 Å². The number of amides is 3. The highest BCUT2D eigenvalue weighted by molar-refractivity contribution is 9.10. The van der Waals surface area contributed by atoms with Gasteiger partial charge in [-0.05, 0) is 63.6 Å². The zero-order valence-electron chi connectivity index (χ0n) is 12.8. The van der Waals surface area contributed by atoms with Crippen LogP contribution < -0.4 is 5.32 Å². The zero-order chi connectivity index (χ0) is 17.8. The SMILES string of the molecule is O=C(CN1C(=O)S/C(=C/c2ccncc2)C1=O)Nc1ccccc1Br. The molecule has 0 unspecified atom stereocenters. The van der Waals surface area contributed by atoms with Crippen molar-refractivity contribution in [3.63, 3.8) is 0 Å². The van der Waals surface area contributed by atoms with Crippen molar-refractivity contribution < 1.29 is 14.4 Å². The molecular formula is C17H12BrN3O3S. The summed E-state index contributed by atoms with van der Waals surface area (Å²) in [5, 5.41) is 2.21. The molecule has 1 aliphatic rings. The summed E-state index contributed by atoms with van der Waals surface area (Å²) in [5.41, 5.74) is 1.34. The normalized spacial score (nSPS) is 15.7. The van der Waals surface area contributed by atoms with Gasteiger partial charge in [0, 0.05) is 16.9 Å². The van der Waals surface area contributed by atoms with E-state index >= 15 is 0 Å². The maximum Gasteiger partial charge on any atom is 0.294 e. The van der Waals surface area contributed by atoms with Crippen LogP contribution in [0.25, 0.3) is 6.08 Å². The number of carbonyl (C=O) groups excluding carboxylic acids is 3. The fraction of sp³-hybridized carbons (Fsp3) is 0.0588. The monoisotopic (exact) mass is 417 g/mol. The number of pyridine rings is 1. The number of halogens is 1. The van der Waals surface area contributed by atoms with E-state index in [-0.39, 0.29) is 11.4 Å². The molecule has 2 heterocycles. The fourth-order valence-electron chi connectivity index (χ4n) is 2.14. The lowest BCUT2D eigenvalue weighted by Gasteiger charge is -2.13. The highest BCUT2D eigenvalue weighted by Crippen LogP contribution is 2.32. The molecule has 0 spiro atoms. The van der Waals surface area contributed by atoms with Gasteiger partial charge in [0.05, 0.1) is 10.6 Å². The number of nitrogens with zero attached hydrogens (tertiary/aromatic N) is 2. The van der Waals surface area contributed by atoms with E-state index in [1.165, 1.54) is 0 Å². The third kappa shape index (κ3) is 4.15. The smallest absolute Gasteiger partial charge is 0.294 e.